The first kappa shape index (κ1) is 14.6. The lowest BCUT2D eigenvalue weighted by molar-refractivity contribution is 0.145. The largest absolute Gasteiger partial charge is 0.301 e. The van der Waals surface area contributed by atoms with Crippen molar-refractivity contribution < 1.29 is 0 Å². The van der Waals surface area contributed by atoms with Crippen LogP contribution in [-0.2, 0) is 0 Å². The molecule has 0 unspecified atom stereocenters. The monoisotopic (exact) mass is 235 g/mol. The fraction of sp³-hybridized carbons (Fsp3) is 0.875. The van der Waals surface area contributed by atoms with E-state index < -0.39 is 0 Å². The second-order valence-corrected chi connectivity index (χ2v) is 5.94. The number of rotatable bonds is 4. The lowest BCUT2D eigenvalue weighted by Gasteiger charge is -2.34. The van der Waals surface area contributed by atoms with E-state index in [4.69, 9.17) is 0 Å². The summed E-state index contributed by atoms with van der Waals surface area (Å²) in [7, 11) is 0. The van der Waals surface area contributed by atoms with Crippen molar-refractivity contribution in [2.75, 3.05) is 13.1 Å². The van der Waals surface area contributed by atoms with Gasteiger partial charge in [0.15, 0.2) is 0 Å². The first-order chi connectivity index (χ1) is 8.09. The standard InChI is InChI=1S/C16H29N/c1-14(2)8-6-5-7-9-16-10-12-17(13-11-16)15(3)4/h14-16H,5,7,9-13H2,1-4H3. The van der Waals surface area contributed by atoms with Gasteiger partial charge in [0, 0.05) is 18.4 Å². The molecule has 0 amide bonds. The third-order valence-corrected chi connectivity index (χ3v) is 3.68. The summed E-state index contributed by atoms with van der Waals surface area (Å²) in [4.78, 5) is 2.61. The van der Waals surface area contributed by atoms with Gasteiger partial charge >= 0.3 is 0 Å². The molecule has 98 valence electrons. The lowest BCUT2D eigenvalue weighted by Crippen LogP contribution is -2.38. The van der Waals surface area contributed by atoms with E-state index in [1.807, 2.05) is 0 Å². The van der Waals surface area contributed by atoms with Crippen molar-refractivity contribution in [2.24, 2.45) is 11.8 Å². The Kier molecular flexibility index (Phi) is 6.66. The Bertz CT molecular complexity index is 248. The van der Waals surface area contributed by atoms with Gasteiger partial charge in [-0.15, -0.1) is 11.8 Å². The van der Waals surface area contributed by atoms with Crippen LogP contribution in [-0.4, -0.2) is 24.0 Å². The minimum Gasteiger partial charge on any atom is -0.301 e. The van der Waals surface area contributed by atoms with Gasteiger partial charge in [-0.25, -0.2) is 0 Å². The van der Waals surface area contributed by atoms with E-state index in [0.29, 0.717) is 5.92 Å². The summed E-state index contributed by atoms with van der Waals surface area (Å²) in [5.74, 6) is 8.03. The smallest absolute Gasteiger partial charge is 0.0146 e. The summed E-state index contributed by atoms with van der Waals surface area (Å²) in [5, 5.41) is 0. The molecule has 0 aliphatic carbocycles. The van der Waals surface area contributed by atoms with E-state index >= 15 is 0 Å². The van der Waals surface area contributed by atoms with E-state index in [-0.39, 0.29) is 0 Å². The molecule has 0 saturated carbocycles. The predicted molar refractivity (Wildman–Crippen MR) is 75.9 cm³/mol. The topological polar surface area (TPSA) is 3.24 Å². The van der Waals surface area contributed by atoms with E-state index in [1.54, 1.807) is 0 Å². The van der Waals surface area contributed by atoms with Crippen molar-refractivity contribution in [3.63, 3.8) is 0 Å². The third-order valence-electron chi connectivity index (χ3n) is 3.68. The van der Waals surface area contributed by atoms with Gasteiger partial charge in [-0.2, -0.15) is 0 Å². The van der Waals surface area contributed by atoms with Crippen LogP contribution in [0.25, 0.3) is 0 Å². The second kappa shape index (κ2) is 7.77. The fourth-order valence-electron chi connectivity index (χ4n) is 2.51. The Morgan fingerprint density at radius 3 is 2.29 bits per heavy atom. The maximum absolute atomic E-state index is 3.29. The summed E-state index contributed by atoms with van der Waals surface area (Å²) in [6, 6.07) is 0.729. The molecule has 1 rings (SSSR count). The molecule has 0 aromatic carbocycles. The molecule has 1 aliphatic heterocycles. The van der Waals surface area contributed by atoms with Crippen LogP contribution in [0.3, 0.4) is 0 Å². The Labute approximate surface area is 108 Å². The minimum atomic E-state index is 0.532. The Balaban J connectivity index is 2.09. The Hall–Kier alpha value is -0.480. The molecule has 0 N–H and O–H groups in total. The van der Waals surface area contributed by atoms with Gasteiger partial charge in [-0.1, -0.05) is 13.8 Å². The molecule has 0 spiro atoms. The second-order valence-electron chi connectivity index (χ2n) is 5.94. The van der Waals surface area contributed by atoms with Crippen molar-refractivity contribution in [1.82, 2.24) is 4.90 Å². The van der Waals surface area contributed by atoms with E-state index in [0.717, 1.165) is 18.4 Å². The summed E-state index contributed by atoms with van der Waals surface area (Å²) >= 11 is 0. The fourth-order valence-corrected chi connectivity index (χ4v) is 2.51. The maximum atomic E-state index is 3.29. The summed E-state index contributed by atoms with van der Waals surface area (Å²) in [6.07, 6.45) is 6.58. The highest BCUT2D eigenvalue weighted by Gasteiger charge is 2.19. The number of hydrogen-bond donors (Lipinski definition) is 0. The van der Waals surface area contributed by atoms with E-state index in [1.165, 1.54) is 38.8 Å². The average Bonchev–Trinajstić information content (AvgIpc) is 2.29. The highest BCUT2D eigenvalue weighted by atomic mass is 15.1. The average molecular weight is 235 g/mol. The molecular weight excluding hydrogens is 206 g/mol. The van der Waals surface area contributed by atoms with Gasteiger partial charge in [-0.05, 0) is 58.5 Å². The molecule has 1 nitrogen and oxygen atoms in total. The highest BCUT2D eigenvalue weighted by Crippen LogP contribution is 2.23. The van der Waals surface area contributed by atoms with Gasteiger partial charge in [0.25, 0.3) is 0 Å². The van der Waals surface area contributed by atoms with Crippen molar-refractivity contribution in [1.29, 1.82) is 0 Å². The molecule has 0 aromatic rings. The van der Waals surface area contributed by atoms with Crippen molar-refractivity contribution >= 4 is 0 Å². The highest BCUT2D eigenvalue weighted by molar-refractivity contribution is 5.00. The van der Waals surface area contributed by atoms with Gasteiger partial charge in [0.2, 0.25) is 0 Å². The molecule has 0 aromatic heterocycles. The third kappa shape index (κ3) is 6.13. The molecule has 1 aliphatic rings. The van der Waals surface area contributed by atoms with Gasteiger partial charge < -0.3 is 4.90 Å². The summed E-state index contributed by atoms with van der Waals surface area (Å²) < 4.78 is 0. The zero-order valence-electron chi connectivity index (χ0n) is 12.1. The Morgan fingerprint density at radius 1 is 1.12 bits per heavy atom. The van der Waals surface area contributed by atoms with Crippen molar-refractivity contribution in [2.45, 2.75) is 65.8 Å². The molecule has 1 saturated heterocycles. The number of likely N-dealkylation sites (tertiary alicyclic amines) is 1. The Morgan fingerprint density at radius 2 is 1.76 bits per heavy atom. The zero-order chi connectivity index (χ0) is 12.7. The maximum Gasteiger partial charge on any atom is 0.0146 e. The van der Waals surface area contributed by atoms with Crippen LogP contribution >= 0.6 is 0 Å². The van der Waals surface area contributed by atoms with Crippen LogP contribution in [0, 0.1) is 23.7 Å². The molecule has 1 heteroatoms. The SMILES string of the molecule is CC(C)C#CCCCC1CCN(C(C)C)CC1. The quantitative estimate of drug-likeness (QED) is 0.527. The summed E-state index contributed by atoms with van der Waals surface area (Å²) in [5.41, 5.74) is 0. The van der Waals surface area contributed by atoms with E-state index in [9.17, 15) is 0 Å². The molecule has 0 atom stereocenters. The normalized spacial score (nSPS) is 18.5. The zero-order valence-corrected chi connectivity index (χ0v) is 12.1. The molecule has 17 heavy (non-hydrogen) atoms. The number of piperidine rings is 1. The van der Waals surface area contributed by atoms with Crippen LogP contribution in [0.15, 0.2) is 0 Å². The molecule has 1 fully saturated rings. The lowest BCUT2D eigenvalue weighted by atomic mass is 9.91. The first-order valence-corrected chi connectivity index (χ1v) is 7.32. The van der Waals surface area contributed by atoms with Gasteiger partial charge in [-0.3, -0.25) is 0 Å². The van der Waals surface area contributed by atoms with Gasteiger partial charge in [0.1, 0.15) is 0 Å². The van der Waals surface area contributed by atoms with E-state index in [2.05, 4.69) is 44.4 Å². The van der Waals surface area contributed by atoms with Crippen LogP contribution in [0.4, 0.5) is 0 Å². The number of hydrogen-bond acceptors (Lipinski definition) is 1. The minimum absolute atomic E-state index is 0.532. The molecule has 0 bridgehead atoms. The summed E-state index contributed by atoms with van der Waals surface area (Å²) in [6.45, 7) is 11.5. The van der Waals surface area contributed by atoms with Crippen LogP contribution in [0.5, 0.6) is 0 Å². The number of unbranched alkanes of at least 4 members (excludes halogenated alkanes) is 1. The molecule has 1 heterocycles. The first-order valence-electron chi connectivity index (χ1n) is 7.32. The van der Waals surface area contributed by atoms with Crippen LogP contribution in [0.1, 0.15) is 59.8 Å². The predicted octanol–water partition coefficient (Wildman–Crippen LogP) is 3.94. The van der Waals surface area contributed by atoms with Crippen molar-refractivity contribution in [3.05, 3.63) is 0 Å². The van der Waals surface area contributed by atoms with Gasteiger partial charge in [0.05, 0.1) is 0 Å². The molecule has 0 radical (unpaired) electrons. The van der Waals surface area contributed by atoms with Crippen LogP contribution < -0.4 is 0 Å². The van der Waals surface area contributed by atoms with Crippen LogP contribution in [0.2, 0.25) is 0 Å². The number of nitrogens with zero attached hydrogens (tertiary/aromatic N) is 1. The molecular formula is C16H29N. The van der Waals surface area contributed by atoms with Crippen molar-refractivity contribution in [3.8, 4) is 11.8 Å².